The van der Waals surface area contributed by atoms with E-state index in [1.54, 1.807) is 0 Å². The van der Waals surface area contributed by atoms with Crippen molar-refractivity contribution in [1.29, 1.82) is 0 Å². The Morgan fingerprint density at radius 1 is 1.26 bits per heavy atom. The average Bonchev–Trinajstić information content (AvgIpc) is 2.71. The molecule has 0 spiro atoms. The Bertz CT molecular complexity index is 502. The predicted molar refractivity (Wildman–Crippen MR) is 91.0 cm³/mol. The third-order valence-corrected chi connectivity index (χ3v) is 7.36. The fraction of sp³-hybridized carbons (Fsp3) is 0.944. The van der Waals surface area contributed by atoms with Crippen molar-refractivity contribution in [3.05, 3.63) is 0 Å². The number of hydrogen-bond donors (Lipinski definition) is 0. The lowest BCUT2D eigenvalue weighted by atomic mass is 9.57. The maximum Gasteiger partial charge on any atom is 0.156 e. The molecule has 3 rings (SSSR count). The maximum absolute atomic E-state index is 10.5. The highest BCUT2D eigenvalue weighted by Gasteiger charge is 2.58. The lowest BCUT2D eigenvalue weighted by molar-refractivity contribution is -0.570. The summed E-state index contributed by atoms with van der Waals surface area (Å²) in [7, 11) is 0. The molecule has 132 valence electrons. The molecule has 0 aromatic carbocycles. The monoisotopic (exact) mass is 341 g/mol. The molecular weight excluding hydrogens is 310 g/mol. The van der Waals surface area contributed by atoms with Gasteiger partial charge in [0.2, 0.25) is 0 Å². The smallest absolute Gasteiger partial charge is 0.156 e. The van der Waals surface area contributed by atoms with Crippen molar-refractivity contribution >= 4 is 17.1 Å². The molecule has 0 saturated heterocycles. The first-order valence-electron chi connectivity index (χ1n) is 9.26. The van der Waals surface area contributed by atoms with Gasteiger partial charge in [-0.25, -0.2) is 8.78 Å². The summed E-state index contributed by atoms with van der Waals surface area (Å²) in [5.41, 5.74) is 1.77. The quantitative estimate of drug-likeness (QED) is 0.438. The Hall–Kier alpha value is -0.260. The first-order valence-corrected chi connectivity index (χ1v) is 10.3. The third-order valence-electron chi connectivity index (χ3n) is 7.00. The summed E-state index contributed by atoms with van der Waals surface area (Å²) >= 11 is -2.38. The highest BCUT2D eigenvalue weighted by atomic mass is 32.2. The minimum atomic E-state index is -2.38. The molecule has 0 N–H and O–H groups in total. The van der Waals surface area contributed by atoms with Crippen molar-refractivity contribution in [2.45, 2.75) is 71.8 Å². The molecule has 0 aromatic rings. The van der Waals surface area contributed by atoms with Gasteiger partial charge in [0.15, 0.2) is 11.8 Å². The van der Waals surface area contributed by atoms with Crippen molar-refractivity contribution in [1.82, 2.24) is 0 Å². The second-order valence-corrected chi connectivity index (χ2v) is 8.90. The average molecular weight is 342 g/mol. The molecule has 2 aliphatic carbocycles. The van der Waals surface area contributed by atoms with Crippen LogP contribution in [0.5, 0.6) is 0 Å². The van der Waals surface area contributed by atoms with Crippen LogP contribution in [-0.2, 0) is 15.5 Å². The van der Waals surface area contributed by atoms with Gasteiger partial charge in [-0.3, -0.25) is 0 Å². The summed E-state index contributed by atoms with van der Waals surface area (Å²) in [6.45, 7) is 8.37. The maximum atomic E-state index is 10.5. The van der Waals surface area contributed by atoms with Crippen LogP contribution in [0.2, 0.25) is 0 Å². The van der Waals surface area contributed by atoms with E-state index in [1.165, 1.54) is 44.2 Å². The van der Waals surface area contributed by atoms with Crippen molar-refractivity contribution in [2.24, 2.45) is 23.2 Å². The number of nitrogens with zero attached hydrogens (tertiary/aromatic N) is 1. The van der Waals surface area contributed by atoms with Gasteiger partial charge < -0.3 is 8.74 Å². The Balaban J connectivity index is 1.73. The molecule has 0 radical (unpaired) electrons. The van der Waals surface area contributed by atoms with E-state index in [4.69, 9.17) is 4.18 Å². The van der Waals surface area contributed by atoms with Crippen LogP contribution >= 0.6 is 0 Å². The van der Waals surface area contributed by atoms with Crippen LogP contribution < -0.4 is 0 Å². The Morgan fingerprint density at radius 3 is 2.74 bits per heavy atom. The van der Waals surface area contributed by atoms with Crippen LogP contribution in [0.4, 0.5) is 0 Å². The van der Waals surface area contributed by atoms with Gasteiger partial charge in [0.25, 0.3) is 0 Å². The Labute approximate surface area is 143 Å². The van der Waals surface area contributed by atoms with Crippen molar-refractivity contribution in [2.75, 3.05) is 13.2 Å². The van der Waals surface area contributed by atoms with E-state index in [0.29, 0.717) is 12.6 Å². The second kappa shape index (κ2) is 6.93. The Morgan fingerprint density at radius 2 is 2.00 bits per heavy atom. The summed E-state index contributed by atoms with van der Waals surface area (Å²) in [5, 5.41) is 0. The number of hydrogen-bond acceptors (Lipinski definition) is 3. The number of rotatable bonds is 5. The van der Waals surface area contributed by atoms with Gasteiger partial charge in [0.05, 0.1) is 23.4 Å². The first-order chi connectivity index (χ1) is 10.9. The van der Waals surface area contributed by atoms with E-state index in [9.17, 15) is 8.76 Å². The van der Waals surface area contributed by atoms with Crippen LogP contribution in [0.3, 0.4) is 0 Å². The summed E-state index contributed by atoms with van der Waals surface area (Å²) in [6.07, 6.45) is 9.14. The lowest BCUT2D eigenvalue weighted by Crippen LogP contribution is -2.46. The zero-order valence-electron chi connectivity index (χ0n) is 14.8. The van der Waals surface area contributed by atoms with Crippen LogP contribution in [0.1, 0.15) is 65.7 Å². The predicted octanol–water partition coefficient (Wildman–Crippen LogP) is 3.29. The van der Waals surface area contributed by atoms with Crippen LogP contribution in [0.25, 0.3) is 0 Å². The lowest BCUT2D eigenvalue weighted by Gasteiger charge is -2.45. The minimum absolute atomic E-state index is 0.271. The van der Waals surface area contributed by atoms with E-state index in [2.05, 4.69) is 25.3 Å². The molecule has 0 aromatic heterocycles. The summed E-state index contributed by atoms with van der Waals surface area (Å²) in [6, 6.07) is 0.655. The molecule has 5 atom stereocenters. The molecule has 23 heavy (non-hydrogen) atoms. The normalized spacial score (nSPS) is 37.4. The van der Waals surface area contributed by atoms with Gasteiger partial charge in [-0.1, -0.05) is 19.3 Å². The van der Waals surface area contributed by atoms with Gasteiger partial charge >= 0.3 is 0 Å². The molecule has 2 fully saturated rings. The molecule has 5 unspecified atom stereocenters. The Kier molecular flexibility index (Phi) is 5.29. The topological polar surface area (TPSA) is 52.4 Å². The highest BCUT2D eigenvalue weighted by Crippen LogP contribution is 2.54. The molecule has 3 aliphatic rings. The fourth-order valence-corrected chi connectivity index (χ4v) is 6.09. The molecule has 0 bridgehead atoms. The second-order valence-electron chi connectivity index (χ2n) is 8.26. The van der Waals surface area contributed by atoms with E-state index >= 15 is 0 Å². The molecule has 0 amide bonds. The molecular formula is C18H31NO3S. The van der Waals surface area contributed by atoms with E-state index in [0.717, 1.165) is 30.7 Å². The summed E-state index contributed by atoms with van der Waals surface area (Å²) in [4.78, 5) is 0. The largest absolute Gasteiger partial charge is 0.750 e. The first kappa shape index (κ1) is 17.6. The molecule has 5 heteroatoms. The summed E-state index contributed by atoms with van der Waals surface area (Å²) < 4.78 is 28.3. The van der Waals surface area contributed by atoms with Crippen LogP contribution in [-0.4, -0.2) is 38.2 Å². The van der Waals surface area contributed by atoms with Gasteiger partial charge in [-0.15, -0.1) is 0 Å². The molecule has 4 nitrogen and oxygen atoms in total. The van der Waals surface area contributed by atoms with Gasteiger partial charge in [-0.2, -0.15) is 0 Å². The van der Waals surface area contributed by atoms with Gasteiger partial charge in [0, 0.05) is 25.7 Å². The van der Waals surface area contributed by atoms with Gasteiger partial charge in [0.1, 0.15) is 6.54 Å². The zero-order valence-corrected chi connectivity index (χ0v) is 15.6. The van der Waals surface area contributed by atoms with E-state index < -0.39 is 11.4 Å². The zero-order chi connectivity index (χ0) is 16.6. The van der Waals surface area contributed by atoms with E-state index in [1.807, 2.05) is 0 Å². The molecule has 1 aliphatic heterocycles. The highest BCUT2D eigenvalue weighted by molar-refractivity contribution is 7.74. The third kappa shape index (κ3) is 3.29. The fourth-order valence-electron chi connectivity index (χ4n) is 5.84. The van der Waals surface area contributed by atoms with Crippen molar-refractivity contribution < 1.29 is 17.5 Å². The number of fused-ring (bicyclic) bond motifs is 3. The van der Waals surface area contributed by atoms with Crippen LogP contribution in [0.15, 0.2) is 0 Å². The minimum Gasteiger partial charge on any atom is -0.750 e. The molecule has 2 saturated carbocycles. The van der Waals surface area contributed by atoms with Crippen LogP contribution in [0, 0.1) is 23.2 Å². The standard InChI is InChI=1S/C18H31NO3S/c1-13-18(2,3)17-15-8-5-4-7-14(15)9-10-16(17)19(13)11-6-12-22-23(20)21/h14-17H,4-12H2,1-3H3. The summed E-state index contributed by atoms with van der Waals surface area (Å²) in [5.74, 6) is 2.61. The van der Waals surface area contributed by atoms with E-state index in [-0.39, 0.29) is 5.41 Å². The van der Waals surface area contributed by atoms with Crippen molar-refractivity contribution in [3.63, 3.8) is 0 Å². The van der Waals surface area contributed by atoms with Gasteiger partial charge in [-0.05, 0) is 38.5 Å². The van der Waals surface area contributed by atoms with Crippen molar-refractivity contribution in [3.8, 4) is 0 Å². The molecule has 1 heterocycles. The SMILES string of the molecule is CC1=[N+](CCCOS(=O)[O-])C2CCC3CCCCC3C2C1(C)C.